The minimum atomic E-state index is 0.601. The molecule has 2 heteroatoms. The van der Waals surface area contributed by atoms with Crippen LogP contribution in [0.3, 0.4) is 0 Å². The van der Waals surface area contributed by atoms with Crippen LogP contribution in [-0.4, -0.2) is 36.6 Å². The van der Waals surface area contributed by atoms with Crippen LogP contribution in [0.5, 0.6) is 0 Å². The minimum absolute atomic E-state index is 0.601. The fraction of sp³-hybridized carbons (Fsp3) is 1.00. The Labute approximate surface area is 125 Å². The molecule has 2 saturated carbocycles. The highest BCUT2D eigenvalue weighted by molar-refractivity contribution is 4.96. The van der Waals surface area contributed by atoms with Gasteiger partial charge in [-0.1, -0.05) is 26.2 Å². The quantitative estimate of drug-likeness (QED) is 0.844. The van der Waals surface area contributed by atoms with Crippen LogP contribution in [0.15, 0.2) is 0 Å². The van der Waals surface area contributed by atoms with Crippen LogP contribution in [0.25, 0.3) is 0 Å². The number of hydrogen-bond donors (Lipinski definition) is 1. The van der Waals surface area contributed by atoms with Crippen molar-refractivity contribution in [1.82, 2.24) is 10.2 Å². The highest BCUT2D eigenvalue weighted by atomic mass is 15.2. The van der Waals surface area contributed by atoms with E-state index in [0.717, 1.165) is 23.9 Å². The van der Waals surface area contributed by atoms with Gasteiger partial charge in [-0.25, -0.2) is 0 Å². The lowest BCUT2D eigenvalue weighted by molar-refractivity contribution is 0.0255. The van der Waals surface area contributed by atoms with Crippen molar-refractivity contribution >= 4 is 0 Å². The summed E-state index contributed by atoms with van der Waals surface area (Å²) in [5.41, 5.74) is 0.601. The van der Waals surface area contributed by atoms with Gasteiger partial charge in [0.2, 0.25) is 0 Å². The van der Waals surface area contributed by atoms with Crippen molar-refractivity contribution < 1.29 is 0 Å². The topological polar surface area (TPSA) is 15.3 Å². The Morgan fingerprint density at radius 2 is 1.65 bits per heavy atom. The Morgan fingerprint density at radius 1 is 1.05 bits per heavy atom. The average molecular weight is 278 g/mol. The first-order valence-corrected chi connectivity index (χ1v) is 9.05. The van der Waals surface area contributed by atoms with Gasteiger partial charge in [-0.15, -0.1) is 0 Å². The van der Waals surface area contributed by atoms with Crippen LogP contribution in [0.4, 0.5) is 0 Å². The van der Waals surface area contributed by atoms with E-state index in [0.29, 0.717) is 5.41 Å². The van der Waals surface area contributed by atoms with E-state index in [-0.39, 0.29) is 0 Å². The third-order valence-corrected chi connectivity index (χ3v) is 6.41. The van der Waals surface area contributed by atoms with Crippen molar-refractivity contribution in [2.75, 3.05) is 19.6 Å². The van der Waals surface area contributed by atoms with Crippen molar-refractivity contribution in [3.63, 3.8) is 0 Å². The number of likely N-dealkylation sites (tertiary alicyclic amines) is 1. The zero-order valence-electron chi connectivity index (χ0n) is 13.8. The van der Waals surface area contributed by atoms with Gasteiger partial charge < -0.3 is 10.2 Å². The van der Waals surface area contributed by atoms with Crippen molar-refractivity contribution in [3.8, 4) is 0 Å². The van der Waals surface area contributed by atoms with Crippen molar-refractivity contribution in [2.45, 2.75) is 77.8 Å². The van der Waals surface area contributed by atoms with Gasteiger partial charge in [0.05, 0.1) is 0 Å². The van der Waals surface area contributed by atoms with Crippen LogP contribution in [0, 0.1) is 17.3 Å². The van der Waals surface area contributed by atoms with Gasteiger partial charge in [0.1, 0.15) is 0 Å². The second-order valence-corrected chi connectivity index (χ2v) is 8.42. The molecule has 0 amide bonds. The second-order valence-electron chi connectivity index (χ2n) is 8.42. The number of nitrogens with zero attached hydrogens (tertiary/aromatic N) is 1. The van der Waals surface area contributed by atoms with E-state index in [4.69, 9.17) is 0 Å². The number of nitrogens with one attached hydrogen (secondary N) is 1. The molecular weight excluding hydrogens is 244 g/mol. The van der Waals surface area contributed by atoms with Crippen molar-refractivity contribution in [2.24, 2.45) is 17.3 Å². The molecule has 1 aliphatic heterocycles. The molecule has 3 rings (SSSR count). The van der Waals surface area contributed by atoms with Gasteiger partial charge in [-0.05, 0) is 56.8 Å². The van der Waals surface area contributed by atoms with Gasteiger partial charge in [-0.3, -0.25) is 0 Å². The van der Waals surface area contributed by atoms with E-state index in [2.05, 4.69) is 31.0 Å². The summed E-state index contributed by atoms with van der Waals surface area (Å²) in [7, 11) is 0. The molecular formula is C18H34N2. The molecule has 0 radical (unpaired) electrons. The molecule has 3 aliphatic rings. The summed E-state index contributed by atoms with van der Waals surface area (Å²) in [6, 6.07) is 1.54. The fourth-order valence-electron chi connectivity index (χ4n) is 5.00. The normalized spacial score (nSPS) is 37.5. The molecule has 2 nitrogen and oxygen atoms in total. The van der Waals surface area contributed by atoms with E-state index in [1.807, 2.05) is 0 Å². The van der Waals surface area contributed by atoms with Gasteiger partial charge >= 0.3 is 0 Å². The van der Waals surface area contributed by atoms with Crippen LogP contribution in [0.1, 0.15) is 65.7 Å². The Morgan fingerprint density at radius 3 is 2.20 bits per heavy atom. The predicted octanol–water partition coefficient (Wildman–Crippen LogP) is 3.67. The fourth-order valence-corrected chi connectivity index (χ4v) is 5.00. The van der Waals surface area contributed by atoms with Crippen LogP contribution in [0.2, 0.25) is 0 Å². The summed E-state index contributed by atoms with van der Waals surface area (Å²) in [6.07, 6.45) is 10.2. The number of hydrogen-bond acceptors (Lipinski definition) is 2. The monoisotopic (exact) mass is 278 g/mol. The summed E-state index contributed by atoms with van der Waals surface area (Å²) in [4.78, 5) is 2.73. The molecule has 2 bridgehead atoms. The van der Waals surface area contributed by atoms with Crippen LogP contribution in [-0.2, 0) is 0 Å². The Bertz CT molecular complexity index is 305. The molecule has 0 aromatic carbocycles. The Hall–Kier alpha value is -0.0800. The summed E-state index contributed by atoms with van der Waals surface area (Å²) in [5, 5.41) is 4.04. The van der Waals surface area contributed by atoms with Gasteiger partial charge in [0.25, 0.3) is 0 Å². The standard InChI is InChI=1S/C18H34N2/c1-14(2)20-11-15-7-6-8-16(12-20)17(15)19-13-18(3)9-4-5-10-18/h14-17,19H,4-13H2,1-3H3. The zero-order valence-corrected chi connectivity index (χ0v) is 13.8. The third kappa shape index (κ3) is 3.06. The molecule has 2 aliphatic carbocycles. The predicted molar refractivity (Wildman–Crippen MR) is 85.9 cm³/mol. The highest BCUT2D eigenvalue weighted by Crippen LogP contribution is 2.39. The zero-order chi connectivity index (χ0) is 14.2. The molecule has 20 heavy (non-hydrogen) atoms. The Balaban J connectivity index is 1.59. The van der Waals surface area contributed by atoms with Gasteiger partial charge in [0, 0.05) is 31.7 Å². The summed E-state index contributed by atoms with van der Waals surface area (Å²) in [5.74, 6) is 1.82. The maximum Gasteiger partial charge on any atom is 0.0148 e. The van der Waals surface area contributed by atoms with E-state index >= 15 is 0 Å². The first-order valence-electron chi connectivity index (χ1n) is 9.05. The van der Waals surface area contributed by atoms with E-state index in [1.165, 1.54) is 64.6 Å². The smallest absolute Gasteiger partial charge is 0.0148 e. The molecule has 1 N–H and O–H groups in total. The first kappa shape index (κ1) is 14.8. The van der Waals surface area contributed by atoms with Crippen molar-refractivity contribution in [3.05, 3.63) is 0 Å². The third-order valence-electron chi connectivity index (χ3n) is 6.41. The highest BCUT2D eigenvalue weighted by Gasteiger charge is 2.40. The number of rotatable bonds is 4. The molecule has 3 fully saturated rings. The molecule has 2 atom stereocenters. The molecule has 2 unspecified atom stereocenters. The second kappa shape index (κ2) is 5.96. The molecule has 1 heterocycles. The van der Waals surface area contributed by atoms with Crippen molar-refractivity contribution in [1.29, 1.82) is 0 Å². The summed E-state index contributed by atoms with van der Waals surface area (Å²) >= 11 is 0. The lowest BCUT2D eigenvalue weighted by atomic mass is 9.72. The first-order chi connectivity index (χ1) is 9.57. The van der Waals surface area contributed by atoms with E-state index in [9.17, 15) is 0 Å². The number of piperidine rings is 1. The lowest BCUT2D eigenvalue weighted by Gasteiger charge is -2.49. The van der Waals surface area contributed by atoms with Gasteiger partial charge in [0.15, 0.2) is 0 Å². The van der Waals surface area contributed by atoms with Crippen LogP contribution >= 0.6 is 0 Å². The van der Waals surface area contributed by atoms with E-state index < -0.39 is 0 Å². The molecule has 0 aromatic rings. The average Bonchev–Trinajstić information content (AvgIpc) is 2.82. The minimum Gasteiger partial charge on any atom is -0.313 e. The maximum atomic E-state index is 4.04. The molecule has 116 valence electrons. The summed E-state index contributed by atoms with van der Waals surface area (Å²) in [6.45, 7) is 11.2. The molecule has 0 spiro atoms. The Kier molecular flexibility index (Phi) is 4.42. The van der Waals surface area contributed by atoms with Crippen LogP contribution < -0.4 is 5.32 Å². The summed E-state index contributed by atoms with van der Waals surface area (Å²) < 4.78 is 0. The molecule has 1 saturated heterocycles. The largest absolute Gasteiger partial charge is 0.313 e. The number of fused-ring (bicyclic) bond motifs is 2. The molecule has 0 aromatic heterocycles. The SMILES string of the molecule is CC(C)N1CC2CCCC(C1)C2NCC1(C)CCCC1. The van der Waals surface area contributed by atoms with E-state index in [1.54, 1.807) is 0 Å². The van der Waals surface area contributed by atoms with Gasteiger partial charge in [-0.2, -0.15) is 0 Å². The lowest BCUT2D eigenvalue weighted by Crippen LogP contribution is -2.59. The maximum absolute atomic E-state index is 4.04.